The first kappa shape index (κ1) is 27.7. The summed E-state index contributed by atoms with van der Waals surface area (Å²) in [5.41, 5.74) is 3.28. The summed E-state index contributed by atoms with van der Waals surface area (Å²) in [6.45, 7) is 4.15. The largest absolute Gasteiger partial charge is 0.489 e. The van der Waals surface area contributed by atoms with Gasteiger partial charge < -0.3 is 9.47 Å². The van der Waals surface area contributed by atoms with Gasteiger partial charge in [-0.05, 0) is 71.7 Å². The molecular weight excluding hydrogens is 568 g/mol. The van der Waals surface area contributed by atoms with E-state index in [4.69, 9.17) is 21.1 Å². The highest BCUT2D eigenvalue weighted by molar-refractivity contribution is 7.07. The summed E-state index contributed by atoms with van der Waals surface area (Å²) < 4.78 is 13.6. The van der Waals surface area contributed by atoms with Gasteiger partial charge in [-0.25, -0.2) is 9.79 Å². The quantitative estimate of drug-likeness (QED) is 0.211. The van der Waals surface area contributed by atoms with Gasteiger partial charge in [-0.2, -0.15) is 0 Å². The number of hydrogen-bond donors (Lipinski definition) is 0. The standard InChI is InChI=1S/C34H27ClN2O4S/c1-3-40-33(39)30-21(2)36-34-37(31(30)24-14-16-26(35)17-15-24)32(38)29(42-34)19-22-8-6-12-27(18-22)41-20-25-11-7-10-23-9-4-5-13-28(23)25/h4-19,31H,3,20H2,1-2H3/t31-/m1/s1. The molecule has 1 aliphatic rings. The number of halogens is 1. The van der Waals surface area contributed by atoms with Crippen LogP contribution in [-0.2, 0) is 16.1 Å². The minimum Gasteiger partial charge on any atom is -0.489 e. The molecule has 0 unspecified atom stereocenters. The van der Waals surface area contributed by atoms with Crippen molar-refractivity contribution in [3.8, 4) is 5.75 Å². The van der Waals surface area contributed by atoms with E-state index in [-0.39, 0.29) is 12.2 Å². The van der Waals surface area contributed by atoms with E-state index in [1.54, 1.807) is 30.5 Å². The molecule has 42 heavy (non-hydrogen) atoms. The lowest BCUT2D eigenvalue weighted by molar-refractivity contribution is -0.139. The first-order chi connectivity index (χ1) is 20.4. The molecule has 0 N–H and O–H groups in total. The minimum atomic E-state index is -0.685. The molecule has 0 spiro atoms. The first-order valence-corrected chi connectivity index (χ1v) is 14.8. The molecule has 1 aliphatic heterocycles. The number of ether oxygens (including phenoxy) is 2. The van der Waals surface area contributed by atoms with Gasteiger partial charge in [-0.15, -0.1) is 0 Å². The van der Waals surface area contributed by atoms with Crippen LogP contribution in [0, 0.1) is 0 Å². The Balaban J connectivity index is 1.36. The number of hydrogen-bond acceptors (Lipinski definition) is 6. The topological polar surface area (TPSA) is 69.9 Å². The van der Waals surface area contributed by atoms with E-state index in [0.717, 1.165) is 22.1 Å². The molecule has 0 amide bonds. The van der Waals surface area contributed by atoms with Crippen molar-refractivity contribution in [2.24, 2.45) is 4.99 Å². The molecule has 8 heteroatoms. The summed E-state index contributed by atoms with van der Waals surface area (Å²) in [7, 11) is 0. The van der Waals surface area contributed by atoms with Crippen molar-refractivity contribution < 1.29 is 14.3 Å². The number of carbonyl (C=O) groups is 1. The molecule has 4 aromatic carbocycles. The third-order valence-electron chi connectivity index (χ3n) is 7.13. The van der Waals surface area contributed by atoms with Crippen LogP contribution < -0.4 is 19.6 Å². The number of rotatable bonds is 7. The van der Waals surface area contributed by atoms with Gasteiger partial charge >= 0.3 is 5.97 Å². The summed E-state index contributed by atoms with van der Waals surface area (Å²) in [6, 6.07) is 28.5. The maximum Gasteiger partial charge on any atom is 0.338 e. The number of thiazole rings is 1. The molecule has 2 heterocycles. The van der Waals surface area contributed by atoms with Gasteiger partial charge in [0, 0.05) is 5.02 Å². The number of nitrogens with zero attached hydrogens (tertiary/aromatic N) is 2. The van der Waals surface area contributed by atoms with E-state index in [9.17, 15) is 9.59 Å². The fourth-order valence-electron chi connectivity index (χ4n) is 5.18. The third-order valence-corrected chi connectivity index (χ3v) is 8.37. The van der Waals surface area contributed by atoms with Gasteiger partial charge in [0.05, 0.1) is 28.5 Å². The Bertz CT molecular complexity index is 2020. The molecule has 0 fully saturated rings. The van der Waals surface area contributed by atoms with Crippen LogP contribution in [0.25, 0.3) is 16.8 Å². The average molecular weight is 595 g/mol. The summed E-state index contributed by atoms with van der Waals surface area (Å²) >= 11 is 7.43. The third kappa shape index (κ3) is 5.41. The highest BCUT2D eigenvalue weighted by atomic mass is 35.5. The summed E-state index contributed by atoms with van der Waals surface area (Å²) in [6.07, 6.45) is 1.83. The van der Waals surface area contributed by atoms with Gasteiger partial charge in [-0.1, -0.05) is 89.7 Å². The number of carbonyl (C=O) groups excluding carboxylic acids is 1. The van der Waals surface area contributed by atoms with Crippen LogP contribution >= 0.6 is 22.9 Å². The SMILES string of the molecule is CCOC(=O)C1=C(C)N=c2sc(=Cc3cccc(OCc4cccc5ccccc45)c3)c(=O)n2[C@@H]1c1ccc(Cl)cc1. The number of aromatic nitrogens is 1. The van der Waals surface area contributed by atoms with Crippen LogP contribution in [0.1, 0.15) is 36.6 Å². The smallest absolute Gasteiger partial charge is 0.338 e. The second-order valence-corrected chi connectivity index (χ2v) is 11.3. The van der Waals surface area contributed by atoms with Crippen LogP contribution in [0.2, 0.25) is 5.02 Å². The second kappa shape index (κ2) is 11.8. The number of esters is 1. The zero-order chi connectivity index (χ0) is 29.2. The predicted octanol–water partition coefficient (Wildman–Crippen LogP) is 6.18. The maximum atomic E-state index is 13.9. The van der Waals surface area contributed by atoms with E-state index >= 15 is 0 Å². The Labute approximate surface area is 251 Å². The van der Waals surface area contributed by atoms with E-state index in [0.29, 0.717) is 38.0 Å². The molecule has 0 aliphatic carbocycles. The molecule has 0 bridgehead atoms. The highest BCUT2D eigenvalue weighted by Gasteiger charge is 2.33. The lowest BCUT2D eigenvalue weighted by Gasteiger charge is -2.24. The molecule has 0 saturated carbocycles. The molecule has 0 radical (unpaired) electrons. The van der Waals surface area contributed by atoms with Crippen LogP contribution in [0.5, 0.6) is 5.75 Å². The second-order valence-electron chi connectivity index (χ2n) is 9.85. The zero-order valence-electron chi connectivity index (χ0n) is 23.0. The van der Waals surface area contributed by atoms with E-state index < -0.39 is 12.0 Å². The van der Waals surface area contributed by atoms with E-state index in [1.807, 2.05) is 60.7 Å². The molecule has 0 saturated heterocycles. The van der Waals surface area contributed by atoms with Crippen molar-refractivity contribution in [3.05, 3.63) is 144 Å². The predicted molar refractivity (Wildman–Crippen MR) is 167 cm³/mol. The number of fused-ring (bicyclic) bond motifs is 2. The normalized spacial score (nSPS) is 14.9. The lowest BCUT2D eigenvalue weighted by atomic mass is 9.96. The van der Waals surface area contributed by atoms with Gasteiger partial charge in [0.25, 0.3) is 5.56 Å². The van der Waals surface area contributed by atoms with Gasteiger partial charge in [0.2, 0.25) is 0 Å². The van der Waals surface area contributed by atoms with Gasteiger partial charge in [0.15, 0.2) is 4.80 Å². The fourth-order valence-corrected chi connectivity index (χ4v) is 6.35. The monoisotopic (exact) mass is 594 g/mol. The Morgan fingerprint density at radius 1 is 1.02 bits per heavy atom. The lowest BCUT2D eigenvalue weighted by Crippen LogP contribution is -2.39. The van der Waals surface area contributed by atoms with Crippen molar-refractivity contribution in [3.63, 3.8) is 0 Å². The molecule has 210 valence electrons. The Kier molecular flexibility index (Phi) is 7.78. The number of benzene rings is 4. The summed E-state index contributed by atoms with van der Waals surface area (Å²) in [5.74, 6) is 0.202. The summed E-state index contributed by atoms with van der Waals surface area (Å²) in [5, 5.41) is 2.89. The Morgan fingerprint density at radius 2 is 1.79 bits per heavy atom. The van der Waals surface area contributed by atoms with Crippen LogP contribution in [0.15, 0.2) is 112 Å². The van der Waals surface area contributed by atoms with Crippen molar-refractivity contribution in [1.82, 2.24) is 4.57 Å². The minimum absolute atomic E-state index is 0.215. The molecule has 1 atom stereocenters. The molecule has 1 aromatic heterocycles. The molecule has 5 aromatic rings. The summed E-state index contributed by atoms with van der Waals surface area (Å²) in [4.78, 5) is 32.1. The Hall–Kier alpha value is -4.46. The van der Waals surface area contributed by atoms with Crippen LogP contribution in [0.3, 0.4) is 0 Å². The van der Waals surface area contributed by atoms with E-state index in [1.165, 1.54) is 16.7 Å². The van der Waals surface area contributed by atoms with Crippen molar-refractivity contribution in [2.75, 3.05) is 6.61 Å². The van der Waals surface area contributed by atoms with Crippen molar-refractivity contribution in [1.29, 1.82) is 0 Å². The van der Waals surface area contributed by atoms with Crippen LogP contribution in [-0.4, -0.2) is 17.1 Å². The van der Waals surface area contributed by atoms with Crippen molar-refractivity contribution >= 4 is 45.8 Å². The molecular formula is C34H27ClN2O4S. The van der Waals surface area contributed by atoms with Gasteiger partial charge in [0.1, 0.15) is 12.4 Å². The first-order valence-electron chi connectivity index (χ1n) is 13.6. The Morgan fingerprint density at radius 3 is 2.60 bits per heavy atom. The molecule has 6 nitrogen and oxygen atoms in total. The highest BCUT2D eigenvalue weighted by Crippen LogP contribution is 2.31. The average Bonchev–Trinajstić information content (AvgIpc) is 3.29. The maximum absolute atomic E-state index is 13.9. The fraction of sp³-hybridized carbons (Fsp3) is 0.147. The zero-order valence-corrected chi connectivity index (χ0v) is 24.6. The van der Waals surface area contributed by atoms with E-state index in [2.05, 4.69) is 29.3 Å². The number of allylic oxidation sites excluding steroid dienone is 1. The van der Waals surface area contributed by atoms with Crippen molar-refractivity contribution in [2.45, 2.75) is 26.5 Å². The van der Waals surface area contributed by atoms with Gasteiger partial charge in [-0.3, -0.25) is 9.36 Å². The molecule has 6 rings (SSSR count). The van der Waals surface area contributed by atoms with Crippen LogP contribution in [0.4, 0.5) is 0 Å².